The number of carbonyl (C=O) groups excluding carboxylic acids is 1. The molecule has 0 unspecified atom stereocenters. The fraction of sp³-hybridized carbons (Fsp3) is 0.542. The second-order valence-electron chi connectivity index (χ2n) is 9.20. The van der Waals surface area contributed by atoms with Crippen LogP contribution in [0.15, 0.2) is 30.5 Å². The van der Waals surface area contributed by atoms with Gasteiger partial charge in [-0.2, -0.15) is 4.98 Å². The van der Waals surface area contributed by atoms with Crippen LogP contribution in [0.3, 0.4) is 0 Å². The molecule has 1 heterocycles. The second kappa shape index (κ2) is 9.03. The molecule has 0 aliphatic heterocycles. The summed E-state index contributed by atoms with van der Waals surface area (Å²) in [7, 11) is 3.98. The van der Waals surface area contributed by atoms with E-state index >= 15 is 0 Å². The molecule has 2 N–H and O–H groups in total. The first-order valence-corrected chi connectivity index (χ1v) is 11.6. The van der Waals surface area contributed by atoms with E-state index in [1.54, 1.807) is 0 Å². The molecule has 31 heavy (non-hydrogen) atoms. The van der Waals surface area contributed by atoms with E-state index in [1.807, 2.05) is 56.4 Å². The Morgan fingerprint density at radius 3 is 2.32 bits per heavy atom. The molecule has 166 valence electrons. The Bertz CT molecular complexity index is 918. The van der Waals surface area contributed by atoms with Gasteiger partial charge in [0.05, 0.1) is 5.41 Å². The van der Waals surface area contributed by atoms with Gasteiger partial charge in [-0.25, -0.2) is 4.98 Å². The lowest BCUT2D eigenvalue weighted by Crippen LogP contribution is -2.53. The van der Waals surface area contributed by atoms with Crippen molar-refractivity contribution in [2.45, 2.75) is 69.4 Å². The van der Waals surface area contributed by atoms with Crippen molar-refractivity contribution >= 4 is 29.3 Å². The predicted molar refractivity (Wildman–Crippen MR) is 126 cm³/mol. The molecular formula is C24H32ClN5O. The highest BCUT2D eigenvalue weighted by atomic mass is 35.5. The number of hydrogen-bond donors (Lipinski definition) is 2. The molecule has 6 nitrogen and oxygen atoms in total. The molecule has 4 rings (SSSR count). The maximum Gasteiger partial charge on any atom is 0.230 e. The Labute approximate surface area is 189 Å². The zero-order valence-corrected chi connectivity index (χ0v) is 19.4. The van der Waals surface area contributed by atoms with Crippen molar-refractivity contribution in [2.24, 2.45) is 0 Å². The molecule has 0 bridgehead atoms. The topological polar surface area (TPSA) is 70.1 Å². The van der Waals surface area contributed by atoms with Gasteiger partial charge in [0.25, 0.3) is 0 Å². The average molecular weight is 442 g/mol. The van der Waals surface area contributed by atoms with E-state index in [1.165, 1.54) is 0 Å². The molecule has 7 heteroatoms. The second-order valence-corrected chi connectivity index (χ2v) is 9.64. The molecule has 2 aromatic rings. The minimum atomic E-state index is -0.377. The van der Waals surface area contributed by atoms with Crippen LogP contribution in [0.2, 0.25) is 5.02 Å². The SMILES string of the molecule is Cc1cnc(N[C@H]2CC[C@@H](NC(=O)C3(c4ccc(Cl)cc4)CCC3)CC2)nc1N(C)C. The smallest absolute Gasteiger partial charge is 0.230 e. The summed E-state index contributed by atoms with van der Waals surface area (Å²) in [6, 6.07) is 8.34. The standard InChI is InChI=1S/C24H32ClN5O/c1-16-15-26-23(29-21(16)30(2)3)28-20-11-9-19(10-12-20)27-22(31)24(13-4-14-24)17-5-7-18(25)8-6-17/h5-8,15,19-20H,4,9-14H2,1-3H3,(H,27,31)(H,26,28,29)/t19-,20+. The molecule has 1 aromatic heterocycles. The zero-order chi connectivity index (χ0) is 22.0. The summed E-state index contributed by atoms with van der Waals surface area (Å²) >= 11 is 6.04. The first-order chi connectivity index (χ1) is 14.9. The van der Waals surface area contributed by atoms with Gasteiger partial charge in [-0.3, -0.25) is 4.79 Å². The van der Waals surface area contributed by atoms with Gasteiger partial charge in [0, 0.05) is 43.0 Å². The van der Waals surface area contributed by atoms with Gasteiger partial charge in [-0.1, -0.05) is 30.2 Å². The number of rotatable bonds is 6. The molecule has 0 saturated heterocycles. The van der Waals surface area contributed by atoms with Crippen LogP contribution in [0.4, 0.5) is 11.8 Å². The summed E-state index contributed by atoms with van der Waals surface area (Å²) in [5.74, 6) is 1.79. The minimum Gasteiger partial charge on any atom is -0.362 e. The van der Waals surface area contributed by atoms with E-state index in [4.69, 9.17) is 11.6 Å². The predicted octanol–water partition coefficient (Wildman–Crippen LogP) is 4.47. The highest BCUT2D eigenvalue weighted by Gasteiger charge is 2.46. The number of hydrogen-bond acceptors (Lipinski definition) is 5. The van der Waals surface area contributed by atoms with Crippen molar-refractivity contribution in [1.29, 1.82) is 0 Å². The summed E-state index contributed by atoms with van der Waals surface area (Å²) in [6.45, 7) is 2.02. The van der Waals surface area contributed by atoms with Crippen LogP contribution in [0.5, 0.6) is 0 Å². The molecule has 2 saturated carbocycles. The van der Waals surface area contributed by atoms with Crippen LogP contribution in [0, 0.1) is 6.92 Å². The van der Waals surface area contributed by atoms with Crippen molar-refractivity contribution in [1.82, 2.24) is 15.3 Å². The summed E-state index contributed by atoms with van der Waals surface area (Å²) in [5, 5.41) is 7.55. The van der Waals surface area contributed by atoms with Crippen LogP contribution in [0.25, 0.3) is 0 Å². The van der Waals surface area contributed by atoms with Gasteiger partial charge in [0.1, 0.15) is 5.82 Å². The number of amides is 1. The van der Waals surface area contributed by atoms with Crippen LogP contribution in [0.1, 0.15) is 56.1 Å². The first-order valence-electron chi connectivity index (χ1n) is 11.2. The van der Waals surface area contributed by atoms with Gasteiger partial charge in [-0.05, 0) is 63.1 Å². The Morgan fingerprint density at radius 1 is 1.10 bits per heavy atom. The number of nitrogens with one attached hydrogen (secondary N) is 2. The number of carbonyl (C=O) groups is 1. The molecule has 2 aliphatic rings. The number of anilines is 2. The summed E-state index contributed by atoms with van der Waals surface area (Å²) in [4.78, 5) is 24.3. The first kappa shape index (κ1) is 21.9. The molecule has 0 spiro atoms. The number of aryl methyl sites for hydroxylation is 1. The molecule has 0 atom stereocenters. The lowest BCUT2D eigenvalue weighted by atomic mass is 9.63. The third kappa shape index (κ3) is 4.64. The van der Waals surface area contributed by atoms with Gasteiger partial charge in [-0.15, -0.1) is 0 Å². The zero-order valence-electron chi connectivity index (χ0n) is 18.6. The Hall–Kier alpha value is -2.34. The lowest BCUT2D eigenvalue weighted by molar-refractivity contribution is -0.130. The van der Waals surface area contributed by atoms with E-state index in [2.05, 4.69) is 20.6 Å². The van der Waals surface area contributed by atoms with Crippen LogP contribution >= 0.6 is 11.6 Å². The van der Waals surface area contributed by atoms with Gasteiger partial charge < -0.3 is 15.5 Å². The fourth-order valence-electron chi connectivity index (χ4n) is 4.79. The maximum absolute atomic E-state index is 13.2. The highest BCUT2D eigenvalue weighted by molar-refractivity contribution is 6.30. The van der Waals surface area contributed by atoms with Crippen molar-refractivity contribution < 1.29 is 4.79 Å². The molecule has 2 fully saturated rings. The van der Waals surface area contributed by atoms with Crippen LogP contribution in [-0.2, 0) is 10.2 Å². The van der Waals surface area contributed by atoms with Crippen molar-refractivity contribution in [3.05, 3.63) is 46.6 Å². The molecule has 1 amide bonds. The summed E-state index contributed by atoms with van der Waals surface area (Å²) in [6.07, 6.45) is 8.70. The van der Waals surface area contributed by atoms with E-state index < -0.39 is 0 Å². The number of nitrogens with zero attached hydrogens (tertiary/aromatic N) is 3. The molecule has 0 radical (unpaired) electrons. The van der Waals surface area contributed by atoms with E-state index in [0.29, 0.717) is 17.0 Å². The van der Waals surface area contributed by atoms with Crippen LogP contribution < -0.4 is 15.5 Å². The third-order valence-corrected chi connectivity index (χ3v) is 7.05. The van der Waals surface area contributed by atoms with E-state index in [0.717, 1.165) is 61.9 Å². The fourth-order valence-corrected chi connectivity index (χ4v) is 4.92. The number of benzene rings is 1. The number of aromatic nitrogens is 2. The monoisotopic (exact) mass is 441 g/mol. The normalized spacial score (nSPS) is 22.3. The Kier molecular flexibility index (Phi) is 6.37. The van der Waals surface area contributed by atoms with Gasteiger partial charge >= 0.3 is 0 Å². The van der Waals surface area contributed by atoms with E-state index in [9.17, 15) is 4.79 Å². The Morgan fingerprint density at radius 2 is 1.74 bits per heavy atom. The third-order valence-electron chi connectivity index (χ3n) is 6.80. The van der Waals surface area contributed by atoms with E-state index in [-0.39, 0.29) is 17.4 Å². The summed E-state index contributed by atoms with van der Waals surface area (Å²) in [5.41, 5.74) is 1.77. The van der Waals surface area contributed by atoms with Gasteiger partial charge in [0.2, 0.25) is 11.9 Å². The summed E-state index contributed by atoms with van der Waals surface area (Å²) < 4.78 is 0. The Balaban J connectivity index is 1.32. The minimum absolute atomic E-state index is 0.176. The quantitative estimate of drug-likeness (QED) is 0.692. The van der Waals surface area contributed by atoms with Crippen molar-refractivity contribution in [3.8, 4) is 0 Å². The molecule has 2 aliphatic carbocycles. The maximum atomic E-state index is 13.2. The number of halogens is 1. The highest BCUT2D eigenvalue weighted by Crippen LogP contribution is 2.44. The molecule has 1 aromatic carbocycles. The lowest BCUT2D eigenvalue weighted by Gasteiger charge is -2.42. The van der Waals surface area contributed by atoms with Crippen molar-refractivity contribution in [2.75, 3.05) is 24.3 Å². The van der Waals surface area contributed by atoms with Crippen LogP contribution in [-0.4, -0.2) is 42.1 Å². The largest absolute Gasteiger partial charge is 0.362 e. The van der Waals surface area contributed by atoms with Gasteiger partial charge in [0.15, 0.2) is 0 Å². The molecular weight excluding hydrogens is 410 g/mol. The van der Waals surface area contributed by atoms with Crippen molar-refractivity contribution in [3.63, 3.8) is 0 Å². The average Bonchev–Trinajstić information content (AvgIpc) is 2.71.